The zero-order chi connectivity index (χ0) is 12.3. The second-order valence-electron chi connectivity index (χ2n) is 3.50. The van der Waals surface area contributed by atoms with Crippen LogP contribution in [-0.4, -0.2) is 19.5 Å². The van der Waals surface area contributed by atoms with Crippen LogP contribution in [-0.2, 0) is 13.6 Å². The Labute approximate surface area is 97.3 Å². The van der Waals surface area contributed by atoms with Gasteiger partial charge in [-0.25, -0.2) is 0 Å². The van der Waals surface area contributed by atoms with Gasteiger partial charge < -0.3 is 15.4 Å². The SMILES string of the molecule is Cn1cnc([N+](=O)[O-])c1NCc1cccnc1. The second-order valence-corrected chi connectivity index (χ2v) is 3.50. The van der Waals surface area contributed by atoms with E-state index in [-0.39, 0.29) is 5.82 Å². The molecule has 0 aliphatic heterocycles. The van der Waals surface area contributed by atoms with Crippen LogP contribution in [0.5, 0.6) is 0 Å². The van der Waals surface area contributed by atoms with Gasteiger partial charge >= 0.3 is 5.82 Å². The normalized spacial score (nSPS) is 10.2. The van der Waals surface area contributed by atoms with Gasteiger partial charge in [-0.05, 0) is 21.5 Å². The van der Waals surface area contributed by atoms with Crippen LogP contribution in [0.15, 0.2) is 30.9 Å². The maximum atomic E-state index is 10.7. The van der Waals surface area contributed by atoms with Crippen LogP contribution in [0.25, 0.3) is 0 Å². The molecule has 2 rings (SSSR count). The molecule has 2 aromatic rings. The van der Waals surface area contributed by atoms with Gasteiger partial charge in [-0.3, -0.25) is 9.55 Å². The third-order valence-electron chi connectivity index (χ3n) is 2.27. The van der Waals surface area contributed by atoms with Crippen molar-refractivity contribution in [1.82, 2.24) is 14.5 Å². The summed E-state index contributed by atoms with van der Waals surface area (Å²) < 4.78 is 1.58. The van der Waals surface area contributed by atoms with Crippen molar-refractivity contribution < 1.29 is 4.92 Å². The highest BCUT2D eigenvalue weighted by Gasteiger charge is 2.19. The molecule has 17 heavy (non-hydrogen) atoms. The first kappa shape index (κ1) is 11.1. The summed E-state index contributed by atoms with van der Waals surface area (Å²) in [5.74, 6) is 0.218. The Morgan fingerprint density at radius 3 is 3.06 bits per heavy atom. The van der Waals surface area contributed by atoms with Gasteiger partial charge in [-0.2, -0.15) is 0 Å². The molecule has 0 aromatic carbocycles. The van der Waals surface area contributed by atoms with Crippen molar-refractivity contribution in [3.63, 3.8) is 0 Å². The number of imidazole rings is 1. The molecule has 0 bridgehead atoms. The van der Waals surface area contributed by atoms with Crippen LogP contribution < -0.4 is 5.32 Å². The summed E-state index contributed by atoms with van der Waals surface area (Å²) in [6, 6.07) is 3.71. The number of rotatable bonds is 4. The lowest BCUT2D eigenvalue weighted by Gasteiger charge is -2.05. The summed E-state index contributed by atoms with van der Waals surface area (Å²) in [4.78, 5) is 17.9. The monoisotopic (exact) mass is 233 g/mol. The Bertz CT molecular complexity index is 523. The van der Waals surface area contributed by atoms with Crippen molar-refractivity contribution >= 4 is 11.6 Å². The van der Waals surface area contributed by atoms with Crippen LogP contribution >= 0.6 is 0 Å². The summed E-state index contributed by atoms with van der Waals surface area (Å²) in [6.07, 6.45) is 4.79. The average molecular weight is 233 g/mol. The van der Waals surface area contributed by atoms with Gasteiger partial charge in [0.25, 0.3) is 0 Å². The van der Waals surface area contributed by atoms with Gasteiger partial charge in [0.05, 0.1) is 0 Å². The fraction of sp³-hybridized carbons (Fsp3) is 0.200. The first-order valence-electron chi connectivity index (χ1n) is 4.97. The van der Waals surface area contributed by atoms with E-state index in [4.69, 9.17) is 0 Å². The average Bonchev–Trinajstić information content (AvgIpc) is 2.69. The van der Waals surface area contributed by atoms with Crippen LogP contribution in [0, 0.1) is 10.1 Å². The number of aromatic nitrogens is 3. The number of nitro groups is 1. The highest BCUT2D eigenvalue weighted by Crippen LogP contribution is 2.21. The molecule has 7 heteroatoms. The van der Waals surface area contributed by atoms with E-state index in [2.05, 4.69) is 15.3 Å². The van der Waals surface area contributed by atoms with E-state index in [1.807, 2.05) is 12.1 Å². The standard InChI is InChI=1S/C10H11N5O2/c1-14-7-13-10(15(16)17)9(14)12-6-8-3-2-4-11-5-8/h2-5,7,12H,6H2,1H3. The maximum absolute atomic E-state index is 10.7. The molecule has 7 nitrogen and oxygen atoms in total. The smallest absolute Gasteiger partial charge is 0.360 e. The highest BCUT2D eigenvalue weighted by molar-refractivity contribution is 5.52. The maximum Gasteiger partial charge on any atom is 0.406 e. The fourth-order valence-electron chi connectivity index (χ4n) is 1.44. The van der Waals surface area contributed by atoms with E-state index in [9.17, 15) is 10.1 Å². The minimum Gasteiger partial charge on any atom is -0.360 e. The quantitative estimate of drug-likeness (QED) is 0.636. The molecular weight excluding hydrogens is 222 g/mol. The molecule has 2 heterocycles. The number of pyridine rings is 1. The van der Waals surface area contributed by atoms with Crippen molar-refractivity contribution in [2.75, 3.05) is 5.32 Å². The second kappa shape index (κ2) is 4.60. The largest absolute Gasteiger partial charge is 0.406 e. The van der Waals surface area contributed by atoms with Crippen molar-refractivity contribution in [3.8, 4) is 0 Å². The van der Waals surface area contributed by atoms with Crippen molar-refractivity contribution in [3.05, 3.63) is 46.5 Å². The van der Waals surface area contributed by atoms with Crippen molar-refractivity contribution in [2.45, 2.75) is 6.54 Å². The highest BCUT2D eigenvalue weighted by atomic mass is 16.6. The van der Waals surface area contributed by atoms with Crippen molar-refractivity contribution in [2.24, 2.45) is 7.05 Å². The predicted octanol–water partition coefficient (Wildman–Crippen LogP) is 1.34. The lowest BCUT2D eigenvalue weighted by atomic mass is 10.3. The van der Waals surface area contributed by atoms with Gasteiger partial charge in [0.15, 0.2) is 0 Å². The molecule has 0 saturated carbocycles. The first-order valence-corrected chi connectivity index (χ1v) is 4.97. The van der Waals surface area contributed by atoms with E-state index in [0.717, 1.165) is 5.56 Å². The molecule has 0 unspecified atom stereocenters. The summed E-state index contributed by atoms with van der Waals surface area (Å²) in [5, 5.41) is 13.7. The molecule has 0 aliphatic carbocycles. The number of nitrogens with one attached hydrogen (secondary N) is 1. The Hall–Kier alpha value is -2.44. The fourth-order valence-corrected chi connectivity index (χ4v) is 1.44. The zero-order valence-corrected chi connectivity index (χ0v) is 9.20. The molecule has 88 valence electrons. The van der Waals surface area contributed by atoms with E-state index >= 15 is 0 Å². The van der Waals surface area contributed by atoms with Crippen molar-refractivity contribution in [1.29, 1.82) is 0 Å². The number of nitrogens with zero attached hydrogens (tertiary/aromatic N) is 4. The van der Waals surface area contributed by atoms with E-state index in [1.54, 1.807) is 24.0 Å². The Kier molecular flexibility index (Phi) is 2.99. The molecule has 1 N–H and O–H groups in total. The molecule has 0 saturated heterocycles. The molecular formula is C10H11N5O2. The van der Waals surface area contributed by atoms with Crippen LogP contribution in [0.2, 0.25) is 0 Å². The van der Waals surface area contributed by atoms with Gasteiger partial charge in [0.2, 0.25) is 12.1 Å². The number of anilines is 1. The summed E-state index contributed by atoms with van der Waals surface area (Å²) in [5.41, 5.74) is 0.947. The first-order chi connectivity index (χ1) is 8.18. The topological polar surface area (TPSA) is 85.9 Å². The van der Waals surface area contributed by atoms with E-state index < -0.39 is 4.92 Å². The number of aryl methyl sites for hydroxylation is 1. The molecule has 0 spiro atoms. The van der Waals surface area contributed by atoms with E-state index in [0.29, 0.717) is 12.4 Å². The van der Waals surface area contributed by atoms with Crippen LogP contribution in [0.1, 0.15) is 5.56 Å². The molecule has 0 radical (unpaired) electrons. The summed E-state index contributed by atoms with van der Waals surface area (Å²) in [7, 11) is 1.70. The van der Waals surface area contributed by atoms with Gasteiger partial charge in [-0.1, -0.05) is 6.07 Å². The lowest BCUT2D eigenvalue weighted by molar-refractivity contribution is -0.388. The lowest BCUT2D eigenvalue weighted by Crippen LogP contribution is -2.05. The molecule has 0 aliphatic rings. The van der Waals surface area contributed by atoms with Crippen LogP contribution in [0.4, 0.5) is 11.6 Å². The Morgan fingerprint density at radius 2 is 2.41 bits per heavy atom. The third-order valence-corrected chi connectivity index (χ3v) is 2.27. The van der Waals surface area contributed by atoms with Gasteiger partial charge in [0, 0.05) is 26.0 Å². The number of hydrogen-bond acceptors (Lipinski definition) is 5. The number of hydrogen-bond donors (Lipinski definition) is 1. The molecule has 0 fully saturated rings. The Balaban J connectivity index is 2.14. The Morgan fingerprint density at radius 1 is 1.59 bits per heavy atom. The van der Waals surface area contributed by atoms with E-state index in [1.165, 1.54) is 6.33 Å². The van der Waals surface area contributed by atoms with Gasteiger partial charge in [-0.15, -0.1) is 0 Å². The summed E-state index contributed by atoms with van der Waals surface area (Å²) in [6.45, 7) is 0.466. The minimum absolute atomic E-state index is 0.170. The predicted molar refractivity (Wildman–Crippen MR) is 61.4 cm³/mol. The third kappa shape index (κ3) is 2.39. The molecule has 0 amide bonds. The molecule has 0 atom stereocenters. The summed E-state index contributed by atoms with van der Waals surface area (Å²) >= 11 is 0. The minimum atomic E-state index is -0.508. The van der Waals surface area contributed by atoms with Crippen LogP contribution in [0.3, 0.4) is 0 Å². The zero-order valence-electron chi connectivity index (χ0n) is 9.20. The van der Waals surface area contributed by atoms with Gasteiger partial charge in [0.1, 0.15) is 0 Å². The molecule has 2 aromatic heterocycles.